The van der Waals surface area contributed by atoms with Crippen molar-refractivity contribution >= 4 is 11.6 Å². The highest BCUT2D eigenvalue weighted by atomic mass is 19.4. The maximum atomic E-state index is 13.9. The number of piperidine rings is 1. The van der Waals surface area contributed by atoms with Crippen LogP contribution in [0.3, 0.4) is 0 Å². The predicted octanol–water partition coefficient (Wildman–Crippen LogP) is 4.05. The number of hydrogen-bond donors (Lipinski definition) is 0. The Hall–Kier alpha value is -3.04. The van der Waals surface area contributed by atoms with Crippen molar-refractivity contribution < 1.29 is 26.7 Å². The summed E-state index contributed by atoms with van der Waals surface area (Å²) < 4.78 is 68.9. The lowest BCUT2D eigenvalue weighted by Gasteiger charge is -2.33. The highest BCUT2D eigenvalue weighted by Gasteiger charge is 2.40. The third-order valence-electron chi connectivity index (χ3n) is 5.10. The van der Waals surface area contributed by atoms with Crippen molar-refractivity contribution in [2.45, 2.75) is 24.9 Å². The lowest BCUT2D eigenvalue weighted by atomic mass is 9.86. The Kier molecular flexibility index (Phi) is 4.71. The summed E-state index contributed by atoms with van der Waals surface area (Å²) in [6.45, 7) is 0.279. The van der Waals surface area contributed by atoms with Gasteiger partial charge in [0.1, 0.15) is 11.6 Å². The molecule has 0 atom stereocenters. The molecule has 3 aromatic rings. The minimum absolute atomic E-state index is 0.104. The Morgan fingerprint density at radius 3 is 2.48 bits per heavy atom. The van der Waals surface area contributed by atoms with Crippen molar-refractivity contribution in [3.8, 4) is 0 Å². The van der Waals surface area contributed by atoms with Gasteiger partial charge in [0.2, 0.25) is 5.82 Å². The Bertz CT molecular complexity index is 1070. The van der Waals surface area contributed by atoms with Gasteiger partial charge in [-0.05, 0) is 42.5 Å². The number of alkyl halides is 3. The highest BCUT2D eigenvalue weighted by molar-refractivity contribution is 5.91. The van der Waals surface area contributed by atoms with Crippen LogP contribution in [-0.4, -0.2) is 38.5 Å². The van der Waals surface area contributed by atoms with Crippen molar-refractivity contribution in [2.24, 2.45) is 0 Å². The first-order valence-electron chi connectivity index (χ1n) is 8.91. The number of pyridine rings is 1. The monoisotopic (exact) mass is 410 g/mol. The van der Waals surface area contributed by atoms with Crippen molar-refractivity contribution in [1.82, 2.24) is 19.5 Å². The number of carbonyl (C=O) groups excluding carboxylic acids is 1. The van der Waals surface area contributed by atoms with E-state index in [1.807, 2.05) is 0 Å². The molecule has 1 aromatic carbocycles. The topological polar surface area (TPSA) is 50.5 Å². The number of hydrogen-bond acceptors (Lipinski definition) is 3. The molecule has 0 aliphatic carbocycles. The fourth-order valence-electron chi connectivity index (χ4n) is 3.74. The number of fused-ring (bicyclic) bond motifs is 1. The van der Waals surface area contributed by atoms with E-state index < -0.39 is 40.8 Å². The summed E-state index contributed by atoms with van der Waals surface area (Å²) in [6, 6.07) is 6.13. The van der Waals surface area contributed by atoms with Gasteiger partial charge in [0.15, 0.2) is 5.65 Å². The molecule has 4 rings (SSSR count). The van der Waals surface area contributed by atoms with Crippen LogP contribution in [0.2, 0.25) is 0 Å². The van der Waals surface area contributed by atoms with Gasteiger partial charge in [-0.1, -0.05) is 6.07 Å². The molecule has 0 N–H and O–H groups in total. The van der Waals surface area contributed by atoms with E-state index in [0.29, 0.717) is 5.65 Å². The largest absolute Gasteiger partial charge is 0.419 e. The van der Waals surface area contributed by atoms with Gasteiger partial charge in [-0.25, -0.2) is 8.78 Å². The first kappa shape index (κ1) is 19.3. The van der Waals surface area contributed by atoms with E-state index in [1.165, 1.54) is 9.30 Å². The Morgan fingerprint density at radius 1 is 1.07 bits per heavy atom. The number of nitrogens with zero attached hydrogens (tertiary/aromatic N) is 4. The maximum absolute atomic E-state index is 13.9. The third kappa shape index (κ3) is 3.54. The molecule has 0 spiro atoms. The van der Waals surface area contributed by atoms with Crippen LogP contribution < -0.4 is 0 Å². The van der Waals surface area contributed by atoms with Gasteiger partial charge in [0.25, 0.3) is 5.91 Å². The van der Waals surface area contributed by atoms with Gasteiger partial charge in [-0.15, -0.1) is 10.2 Å². The Labute approximate surface area is 161 Å². The van der Waals surface area contributed by atoms with E-state index in [-0.39, 0.29) is 37.8 Å². The zero-order valence-electron chi connectivity index (χ0n) is 15.0. The van der Waals surface area contributed by atoms with Crippen LogP contribution in [0.4, 0.5) is 22.0 Å². The van der Waals surface area contributed by atoms with Crippen LogP contribution in [0.5, 0.6) is 0 Å². The summed E-state index contributed by atoms with van der Waals surface area (Å²) in [5.41, 5.74) is -1.35. The van der Waals surface area contributed by atoms with E-state index in [2.05, 4.69) is 10.2 Å². The molecule has 10 heteroatoms. The molecule has 3 heterocycles. The van der Waals surface area contributed by atoms with Crippen molar-refractivity contribution in [3.63, 3.8) is 0 Å². The fraction of sp³-hybridized carbons (Fsp3) is 0.316. The zero-order chi connectivity index (χ0) is 20.8. The number of amides is 1. The zero-order valence-corrected chi connectivity index (χ0v) is 15.0. The molecule has 5 nitrogen and oxygen atoms in total. The lowest BCUT2D eigenvalue weighted by Crippen LogP contribution is -2.39. The minimum atomic E-state index is -4.93. The molecule has 1 saturated heterocycles. The van der Waals surface area contributed by atoms with Crippen LogP contribution in [0.15, 0.2) is 36.5 Å². The summed E-state index contributed by atoms with van der Waals surface area (Å²) in [5.74, 6) is -3.69. The van der Waals surface area contributed by atoms with Gasteiger partial charge in [-0.3, -0.25) is 9.20 Å². The summed E-state index contributed by atoms with van der Waals surface area (Å²) >= 11 is 0. The van der Waals surface area contributed by atoms with Crippen molar-refractivity contribution in [3.05, 3.63) is 65.1 Å². The third-order valence-corrected chi connectivity index (χ3v) is 5.10. The molecule has 0 radical (unpaired) electrons. The van der Waals surface area contributed by atoms with Gasteiger partial charge in [0, 0.05) is 25.4 Å². The number of rotatable bonds is 2. The molecule has 0 bridgehead atoms. The average Bonchev–Trinajstić information content (AvgIpc) is 3.10. The normalized spacial score (nSPS) is 15.8. The van der Waals surface area contributed by atoms with Crippen LogP contribution in [-0.2, 0) is 6.18 Å². The molecular weight excluding hydrogens is 395 g/mol. The lowest BCUT2D eigenvalue weighted by molar-refractivity contribution is -0.141. The molecule has 2 aromatic heterocycles. The van der Waals surface area contributed by atoms with Crippen LogP contribution in [0.25, 0.3) is 5.65 Å². The Balaban J connectivity index is 1.55. The second-order valence-electron chi connectivity index (χ2n) is 6.87. The smallest absolute Gasteiger partial charge is 0.336 e. The summed E-state index contributed by atoms with van der Waals surface area (Å²) in [6.07, 6.45) is -3.00. The average molecular weight is 410 g/mol. The predicted molar refractivity (Wildman–Crippen MR) is 92.2 cm³/mol. The highest BCUT2D eigenvalue weighted by Crippen LogP contribution is 2.40. The molecule has 1 fully saturated rings. The van der Waals surface area contributed by atoms with Crippen molar-refractivity contribution in [2.75, 3.05) is 13.1 Å². The first-order valence-corrected chi connectivity index (χ1v) is 8.91. The van der Waals surface area contributed by atoms with Gasteiger partial charge in [0.05, 0.1) is 5.56 Å². The molecule has 152 valence electrons. The van der Waals surface area contributed by atoms with Crippen LogP contribution >= 0.6 is 0 Å². The van der Waals surface area contributed by atoms with Gasteiger partial charge < -0.3 is 4.90 Å². The maximum Gasteiger partial charge on any atom is 0.419 e. The number of likely N-dealkylation sites (tertiary alicyclic amines) is 1. The number of benzene rings is 1. The van der Waals surface area contributed by atoms with Gasteiger partial charge >= 0.3 is 6.18 Å². The van der Waals surface area contributed by atoms with Crippen LogP contribution in [0, 0.1) is 11.6 Å². The number of aromatic nitrogens is 3. The molecule has 29 heavy (non-hydrogen) atoms. The first-order chi connectivity index (χ1) is 13.8. The molecule has 0 saturated carbocycles. The van der Waals surface area contributed by atoms with E-state index >= 15 is 0 Å². The quantitative estimate of drug-likeness (QED) is 0.599. The molecule has 0 unspecified atom stereocenters. The molecule has 1 aliphatic heterocycles. The van der Waals surface area contributed by atoms with E-state index in [9.17, 15) is 26.7 Å². The Morgan fingerprint density at radius 2 is 1.79 bits per heavy atom. The van der Waals surface area contributed by atoms with Crippen LogP contribution in [0.1, 0.15) is 40.5 Å². The fourth-order valence-corrected chi connectivity index (χ4v) is 3.74. The number of halogens is 5. The summed E-state index contributed by atoms with van der Waals surface area (Å²) in [7, 11) is 0. The van der Waals surface area contributed by atoms with Gasteiger partial charge in [-0.2, -0.15) is 13.2 Å². The summed E-state index contributed by atoms with van der Waals surface area (Å²) in [4.78, 5) is 14.2. The van der Waals surface area contributed by atoms with E-state index in [4.69, 9.17) is 0 Å². The molecule has 1 amide bonds. The molecular formula is C19H15F5N4O. The second kappa shape index (κ2) is 7.09. The molecule has 1 aliphatic rings. The van der Waals surface area contributed by atoms with E-state index in [0.717, 1.165) is 6.07 Å². The minimum Gasteiger partial charge on any atom is -0.336 e. The number of carbonyl (C=O) groups is 1. The van der Waals surface area contributed by atoms with Crippen molar-refractivity contribution in [1.29, 1.82) is 0 Å². The summed E-state index contributed by atoms with van der Waals surface area (Å²) in [5, 5.41) is 7.80. The van der Waals surface area contributed by atoms with E-state index in [1.54, 1.807) is 24.4 Å². The SMILES string of the molecule is O=C(c1nnc2ccccn12)N1CCC(c2cc(F)cc(F)c2C(F)(F)F)CC1. The second-order valence-corrected chi connectivity index (χ2v) is 6.87. The standard InChI is InChI=1S/C19H15F5N4O/c20-12-9-13(16(14(21)10-12)19(22,23)24)11-4-7-27(8-5-11)18(29)17-26-25-15-3-1-2-6-28(15)17/h1-3,6,9-11H,4-5,7-8H2.